The van der Waals surface area contributed by atoms with Gasteiger partial charge in [-0.2, -0.15) is 0 Å². The lowest BCUT2D eigenvalue weighted by Gasteiger charge is -2.23. The first-order chi connectivity index (χ1) is 7.61. The van der Waals surface area contributed by atoms with Gasteiger partial charge in [-0.1, -0.05) is 18.2 Å². The zero-order chi connectivity index (χ0) is 12.1. The summed E-state index contributed by atoms with van der Waals surface area (Å²) in [6.45, 7) is 1.64. The molecule has 0 bridgehead atoms. The van der Waals surface area contributed by atoms with Crippen LogP contribution in [0, 0.1) is 0 Å². The van der Waals surface area contributed by atoms with Crippen LogP contribution in [-0.4, -0.2) is 30.4 Å². The molecule has 1 rings (SSSR count). The summed E-state index contributed by atoms with van der Waals surface area (Å²) in [7, 11) is 1.56. The minimum Gasteiger partial charge on any atom is -0.314 e. The van der Waals surface area contributed by atoms with Gasteiger partial charge >= 0.3 is 0 Å². The average molecular weight is 222 g/mol. The quantitative estimate of drug-likeness (QED) is 0.465. The Morgan fingerprint density at radius 3 is 2.69 bits per heavy atom. The van der Waals surface area contributed by atoms with Crippen molar-refractivity contribution in [2.75, 3.05) is 7.05 Å². The third kappa shape index (κ3) is 2.44. The lowest BCUT2D eigenvalue weighted by molar-refractivity contribution is -0.0258. The maximum atomic E-state index is 12.0. The number of nitrogens with zero attached hydrogens (tertiary/aromatic N) is 1. The summed E-state index contributed by atoms with van der Waals surface area (Å²) in [5.41, 5.74) is 0.687. The number of amides is 1. The van der Waals surface area contributed by atoms with Gasteiger partial charge in [-0.15, -0.1) is 0 Å². The highest BCUT2D eigenvalue weighted by Gasteiger charge is 2.19. The molecule has 0 spiro atoms. The monoisotopic (exact) mass is 222 g/mol. The molecule has 0 heterocycles. The van der Waals surface area contributed by atoms with Gasteiger partial charge in [0.25, 0.3) is 5.91 Å². The first-order valence-electron chi connectivity index (χ1n) is 4.78. The second-order valence-electron chi connectivity index (χ2n) is 3.36. The third-order valence-electron chi connectivity index (χ3n) is 2.38. The van der Waals surface area contributed by atoms with E-state index in [1.54, 1.807) is 38.2 Å². The van der Waals surface area contributed by atoms with Gasteiger partial charge in [-0.05, 0) is 13.0 Å². The number of benzene rings is 1. The fourth-order valence-corrected chi connectivity index (χ4v) is 1.24. The Morgan fingerprint density at radius 2 is 2.12 bits per heavy atom. The molecular weight excluding hydrogens is 208 g/mol. The molecule has 1 atom stereocenters. The van der Waals surface area contributed by atoms with E-state index < -0.39 is 6.23 Å². The highest BCUT2D eigenvalue weighted by molar-refractivity contribution is 6.01. The van der Waals surface area contributed by atoms with Gasteiger partial charge in [0, 0.05) is 12.6 Å². The molecule has 1 amide bonds. The number of carbonyl (C=O) groups is 2. The maximum Gasteiger partial charge on any atom is 0.256 e. The van der Waals surface area contributed by atoms with Crippen molar-refractivity contribution in [3.8, 4) is 0 Å². The van der Waals surface area contributed by atoms with E-state index in [-0.39, 0.29) is 5.91 Å². The lowest BCUT2D eigenvalue weighted by atomic mass is 10.1. The molecule has 0 aromatic heterocycles. The fourth-order valence-electron chi connectivity index (χ4n) is 1.24. The van der Waals surface area contributed by atoms with Crippen molar-refractivity contribution in [3.05, 3.63) is 35.4 Å². The van der Waals surface area contributed by atoms with E-state index in [0.717, 1.165) is 0 Å². The first-order valence-corrected chi connectivity index (χ1v) is 4.78. The van der Waals surface area contributed by atoms with Crippen molar-refractivity contribution in [2.24, 2.45) is 5.90 Å². The Hall–Kier alpha value is -1.72. The summed E-state index contributed by atoms with van der Waals surface area (Å²) in [6.07, 6.45) is 0.0990. The van der Waals surface area contributed by atoms with Crippen LogP contribution in [0.2, 0.25) is 0 Å². The van der Waals surface area contributed by atoms with Crippen LogP contribution in [0.25, 0.3) is 0 Å². The smallest absolute Gasteiger partial charge is 0.256 e. The molecule has 1 unspecified atom stereocenters. The van der Waals surface area contributed by atoms with E-state index >= 15 is 0 Å². The SMILES string of the molecule is CC(ON)N(C)C(=O)c1ccccc1C=O. The lowest BCUT2D eigenvalue weighted by Crippen LogP contribution is -2.38. The minimum absolute atomic E-state index is 0.305. The predicted octanol–water partition coefficient (Wildman–Crippen LogP) is 0.807. The molecule has 0 aliphatic rings. The third-order valence-corrected chi connectivity index (χ3v) is 2.38. The highest BCUT2D eigenvalue weighted by Crippen LogP contribution is 2.10. The van der Waals surface area contributed by atoms with Gasteiger partial charge in [0.1, 0.15) is 6.23 Å². The average Bonchev–Trinajstić information content (AvgIpc) is 2.35. The molecular formula is C11H14N2O3. The van der Waals surface area contributed by atoms with Crippen LogP contribution < -0.4 is 5.90 Å². The molecule has 5 nitrogen and oxygen atoms in total. The van der Waals surface area contributed by atoms with Crippen molar-refractivity contribution >= 4 is 12.2 Å². The number of aldehydes is 1. The van der Waals surface area contributed by atoms with Crippen LogP contribution in [0.15, 0.2) is 24.3 Å². The second-order valence-corrected chi connectivity index (χ2v) is 3.36. The van der Waals surface area contributed by atoms with E-state index in [4.69, 9.17) is 5.90 Å². The Labute approximate surface area is 93.7 Å². The summed E-state index contributed by atoms with van der Waals surface area (Å²) in [6, 6.07) is 6.57. The zero-order valence-electron chi connectivity index (χ0n) is 9.21. The first kappa shape index (κ1) is 12.4. The van der Waals surface area contributed by atoms with Gasteiger partial charge in [0.2, 0.25) is 0 Å². The Kier molecular flexibility index (Phi) is 4.16. The standard InChI is InChI=1S/C11H14N2O3/c1-8(16-12)13(2)11(15)10-6-4-3-5-9(10)7-14/h3-8H,12H2,1-2H3. The summed E-state index contributed by atoms with van der Waals surface area (Å²) < 4.78 is 0. The van der Waals surface area contributed by atoms with E-state index in [0.29, 0.717) is 17.4 Å². The largest absolute Gasteiger partial charge is 0.314 e. The normalized spacial score (nSPS) is 11.9. The van der Waals surface area contributed by atoms with Crippen LogP contribution in [0.1, 0.15) is 27.6 Å². The van der Waals surface area contributed by atoms with Gasteiger partial charge in [-0.25, -0.2) is 5.90 Å². The van der Waals surface area contributed by atoms with Gasteiger partial charge < -0.3 is 4.90 Å². The zero-order valence-corrected chi connectivity index (χ0v) is 9.21. The molecule has 0 saturated heterocycles. The molecule has 86 valence electrons. The molecule has 5 heteroatoms. The topological polar surface area (TPSA) is 72.6 Å². The Morgan fingerprint density at radius 1 is 1.50 bits per heavy atom. The van der Waals surface area contributed by atoms with Crippen LogP contribution in [-0.2, 0) is 4.84 Å². The van der Waals surface area contributed by atoms with Crippen molar-refractivity contribution in [1.82, 2.24) is 4.90 Å². The number of carbonyl (C=O) groups excluding carboxylic acids is 2. The van der Waals surface area contributed by atoms with Crippen LogP contribution in [0.3, 0.4) is 0 Å². The number of nitrogens with two attached hydrogens (primary N) is 1. The van der Waals surface area contributed by atoms with Gasteiger partial charge in [0.05, 0.1) is 5.56 Å². The molecule has 0 fully saturated rings. The molecule has 0 aliphatic heterocycles. The van der Waals surface area contributed by atoms with Crippen molar-refractivity contribution in [2.45, 2.75) is 13.2 Å². The number of hydrogen-bond donors (Lipinski definition) is 1. The second kappa shape index (κ2) is 5.39. The summed E-state index contributed by atoms with van der Waals surface area (Å²) in [5, 5.41) is 0. The van der Waals surface area contributed by atoms with E-state index in [9.17, 15) is 9.59 Å². The molecule has 0 saturated carbocycles. The summed E-state index contributed by atoms with van der Waals surface area (Å²) in [4.78, 5) is 28.6. The van der Waals surface area contributed by atoms with Crippen LogP contribution >= 0.6 is 0 Å². The molecule has 16 heavy (non-hydrogen) atoms. The minimum atomic E-state index is -0.549. The van der Waals surface area contributed by atoms with Crippen molar-refractivity contribution in [3.63, 3.8) is 0 Å². The number of hydrogen-bond acceptors (Lipinski definition) is 4. The van der Waals surface area contributed by atoms with E-state index in [1.807, 2.05) is 0 Å². The Balaban J connectivity index is 3.00. The highest BCUT2D eigenvalue weighted by atomic mass is 16.6. The van der Waals surface area contributed by atoms with Gasteiger partial charge in [0.15, 0.2) is 6.29 Å². The van der Waals surface area contributed by atoms with Crippen molar-refractivity contribution in [1.29, 1.82) is 0 Å². The fraction of sp³-hybridized carbons (Fsp3) is 0.273. The Bertz CT molecular complexity index is 393. The van der Waals surface area contributed by atoms with Crippen LogP contribution in [0.4, 0.5) is 0 Å². The molecule has 1 aromatic carbocycles. The summed E-state index contributed by atoms with van der Waals surface area (Å²) in [5.74, 6) is 4.69. The molecule has 0 radical (unpaired) electrons. The van der Waals surface area contributed by atoms with Crippen LogP contribution in [0.5, 0.6) is 0 Å². The number of rotatable bonds is 4. The molecule has 1 aromatic rings. The molecule has 2 N–H and O–H groups in total. The maximum absolute atomic E-state index is 12.0. The van der Waals surface area contributed by atoms with Crippen molar-refractivity contribution < 1.29 is 14.4 Å². The van der Waals surface area contributed by atoms with E-state index in [1.165, 1.54) is 4.90 Å². The van der Waals surface area contributed by atoms with E-state index in [2.05, 4.69) is 4.84 Å². The predicted molar refractivity (Wildman–Crippen MR) is 58.7 cm³/mol. The molecule has 0 aliphatic carbocycles. The van der Waals surface area contributed by atoms with Gasteiger partial charge in [-0.3, -0.25) is 14.4 Å². The summed E-state index contributed by atoms with van der Waals surface area (Å²) >= 11 is 0.